The van der Waals surface area contributed by atoms with Gasteiger partial charge < -0.3 is 20.3 Å². The third kappa shape index (κ3) is 8.79. The van der Waals surface area contributed by atoms with Crippen LogP contribution in [0, 0.1) is 0 Å². The van der Waals surface area contributed by atoms with E-state index in [1.807, 2.05) is 75.2 Å². The predicted molar refractivity (Wildman–Crippen MR) is 194 cm³/mol. The summed E-state index contributed by atoms with van der Waals surface area (Å²) < 4.78 is 7.89. The number of piperazine rings is 1. The molecule has 4 aromatic rings. The van der Waals surface area contributed by atoms with E-state index in [0.717, 1.165) is 87.5 Å². The first-order valence-electron chi connectivity index (χ1n) is 17.4. The van der Waals surface area contributed by atoms with Crippen molar-refractivity contribution >= 4 is 41.3 Å². The molecule has 4 heterocycles. The monoisotopic (exact) mass is 681 g/mol. The third-order valence-electron chi connectivity index (χ3n) is 9.31. The Morgan fingerprint density at radius 1 is 0.898 bits per heavy atom. The molecule has 2 amide bonds. The minimum atomic E-state index is -0.0513. The SMILES string of the molecule is Nc1ncnc2c1c(-c1ccc(Oc3ccccc3)cc1)nn2[C@@H]1CCCN(C(=O)/C=C/CN2CCN(C(=O)CCCCCC[S])CC2)C1. The summed E-state index contributed by atoms with van der Waals surface area (Å²) in [5.41, 5.74) is 8.63. The van der Waals surface area contributed by atoms with Crippen molar-refractivity contribution < 1.29 is 14.3 Å². The molecule has 0 unspecified atom stereocenters. The fraction of sp³-hybridized carbons (Fsp3) is 0.432. The number of ether oxygens (including phenoxy) is 1. The Hall–Kier alpha value is -4.42. The first kappa shape index (κ1) is 34.4. The van der Waals surface area contributed by atoms with Crippen molar-refractivity contribution in [3.05, 3.63) is 73.1 Å². The Morgan fingerprint density at radius 2 is 1.65 bits per heavy atom. The molecule has 2 saturated heterocycles. The summed E-state index contributed by atoms with van der Waals surface area (Å²) in [6.07, 6.45) is 11.6. The Balaban J connectivity index is 1.05. The second kappa shape index (κ2) is 16.8. The minimum absolute atomic E-state index is 0.00520. The number of carbonyl (C=O) groups excluding carboxylic acids is 2. The molecule has 12 heteroatoms. The first-order valence-corrected chi connectivity index (χ1v) is 17.9. The lowest BCUT2D eigenvalue weighted by Crippen LogP contribution is -2.48. The first-order chi connectivity index (χ1) is 24.0. The van der Waals surface area contributed by atoms with E-state index in [0.29, 0.717) is 48.6 Å². The fourth-order valence-electron chi connectivity index (χ4n) is 6.59. The Morgan fingerprint density at radius 3 is 2.43 bits per heavy atom. The van der Waals surface area contributed by atoms with Gasteiger partial charge in [0.1, 0.15) is 29.3 Å². The lowest BCUT2D eigenvalue weighted by atomic mass is 10.1. The average molecular weight is 682 g/mol. The molecule has 11 nitrogen and oxygen atoms in total. The van der Waals surface area contributed by atoms with E-state index < -0.39 is 0 Å². The number of aromatic nitrogens is 4. The summed E-state index contributed by atoms with van der Waals surface area (Å²) in [4.78, 5) is 40.9. The Kier molecular flexibility index (Phi) is 11.8. The summed E-state index contributed by atoms with van der Waals surface area (Å²) >= 11 is 5.00. The van der Waals surface area contributed by atoms with Gasteiger partial charge in [-0.2, -0.15) is 5.10 Å². The summed E-state index contributed by atoms with van der Waals surface area (Å²) in [5, 5.41) is 5.72. The van der Waals surface area contributed by atoms with Gasteiger partial charge in [0.2, 0.25) is 11.8 Å². The van der Waals surface area contributed by atoms with Crippen LogP contribution in [0.3, 0.4) is 0 Å². The Bertz CT molecular complexity index is 1720. The highest BCUT2D eigenvalue weighted by Crippen LogP contribution is 2.35. The number of hydrogen-bond donors (Lipinski definition) is 1. The van der Waals surface area contributed by atoms with E-state index in [2.05, 4.69) is 14.9 Å². The van der Waals surface area contributed by atoms with Gasteiger partial charge in [0.15, 0.2) is 5.65 Å². The van der Waals surface area contributed by atoms with E-state index >= 15 is 0 Å². The van der Waals surface area contributed by atoms with Gasteiger partial charge in [0.05, 0.1) is 11.4 Å². The fourth-order valence-corrected chi connectivity index (χ4v) is 6.79. The smallest absolute Gasteiger partial charge is 0.246 e. The zero-order chi connectivity index (χ0) is 34.0. The number of rotatable bonds is 13. The van der Waals surface area contributed by atoms with Crippen LogP contribution in [0.25, 0.3) is 22.3 Å². The molecule has 2 aromatic carbocycles. The highest BCUT2D eigenvalue weighted by molar-refractivity contribution is 7.80. The summed E-state index contributed by atoms with van der Waals surface area (Å²) in [6, 6.07) is 17.3. The molecule has 1 radical (unpaired) electrons. The number of nitrogen functional groups attached to an aromatic ring is 1. The van der Waals surface area contributed by atoms with Gasteiger partial charge in [-0.25, -0.2) is 14.6 Å². The lowest BCUT2D eigenvalue weighted by Gasteiger charge is -2.34. The zero-order valence-electron chi connectivity index (χ0n) is 28.0. The second-order valence-electron chi connectivity index (χ2n) is 12.7. The van der Waals surface area contributed by atoms with Crippen LogP contribution in [0.2, 0.25) is 0 Å². The van der Waals surface area contributed by atoms with Crippen molar-refractivity contribution in [3.63, 3.8) is 0 Å². The number of benzene rings is 2. The van der Waals surface area contributed by atoms with Crippen LogP contribution in [-0.2, 0) is 9.59 Å². The summed E-state index contributed by atoms with van der Waals surface area (Å²) in [7, 11) is 0. The molecule has 0 saturated carbocycles. The van der Waals surface area contributed by atoms with Crippen molar-refractivity contribution in [2.75, 3.05) is 57.3 Å². The average Bonchev–Trinajstić information content (AvgIpc) is 3.53. The zero-order valence-corrected chi connectivity index (χ0v) is 28.8. The number of unbranched alkanes of at least 4 members (excludes halogenated alkanes) is 3. The summed E-state index contributed by atoms with van der Waals surface area (Å²) in [6.45, 7) is 5.01. The molecule has 6 rings (SSSR count). The van der Waals surface area contributed by atoms with Crippen molar-refractivity contribution in [3.8, 4) is 22.8 Å². The number of anilines is 1. The molecule has 0 spiro atoms. The number of amides is 2. The molecule has 0 aliphatic carbocycles. The number of nitrogens with zero attached hydrogens (tertiary/aromatic N) is 7. The number of carbonyl (C=O) groups is 2. The number of fused-ring (bicyclic) bond motifs is 1. The van der Waals surface area contributed by atoms with E-state index in [1.54, 1.807) is 6.08 Å². The minimum Gasteiger partial charge on any atom is -0.457 e. The quantitative estimate of drug-likeness (QED) is 0.137. The van der Waals surface area contributed by atoms with Gasteiger partial charge in [-0.3, -0.25) is 14.5 Å². The molecule has 2 aromatic heterocycles. The predicted octanol–water partition coefficient (Wildman–Crippen LogP) is 5.88. The van der Waals surface area contributed by atoms with Crippen molar-refractivity contribution in [1.82, 2.24) is 34.4 Å². The Labute approximate surface area is 293 Å². The molecule has 2 aliphatic rings. The van der Waals surface area contributed by atoms with Crippen LogP contribution in [0.1, 0.15) is 51.0 Å². The van der Waals surface area contributed by atoms with E-state index in [9.17, 15) is 9.59 Å². The number of hydrogen-bond acceptors (Lipinski definition) is 8. The summed E-state index contributed by atoms with van der Waals surface area (Å²) in [5.74, 6) is 2.89. The van der Waals surface area contributed by atoms with E-state index in [1.165, 1.54) is 6.33 Å². The number of piperidine rings is 1. The normalized spacial score (nSPS) is 17.2. The van der Waals surface area contributed by atoms with Crippen LogP contribution in [0.4, 0.5) is 5.82 Å². The van der Waals surface area contributed by atoms with E-state index in [4.69, 9.17) is 28.2 Å². The maximum atomic E-state index is 13.3. The molecule has 49 heavy (non-hydrogen) atoms. The lowest BCUT2D eigenvalue weighted by molar-refractivity contribution is -0.133. The number of likely N-dealkylation sites (tertiary alicyclic amines) is 1. The van der Waals surface area contributed by atoms with Crippen LogP contribution >= 0.6 is 12.6 Å². The highest BCUT2D eigenvalue weighted by Gasteiger charge is 2.28. The molecular formula is C37H45N8O3S. The standard InChI is InChI=1S/C37H45N8O3S/c38-36-34-35(28-15-17-31(18-16-28)48-30-11-4-3-5-12-30)41-45(37(34)40-27-39-36)29-10-8-20-44(26-29)33(47)14-9-19-42-21-23-43(24-22-42)32(46)13-6-1-2-7-25-49/h3-5,9,11-12,14-18,27,29H,1-2,6-8,10,13,19-26H2,(H2,38,39,40)/b14-9+/t29-/m1/s1. The topological polar surface area (TPSA) is 123 Å². The molecule has 2 fully saturated rings. The van der Waals surface area contributed by atoms with Crippen LogP contribution in [-0.4, -0.2) is 97.8 Å². The van der Waals surface area contributed by atoms with Gasteiger partial charge >= 0.3 is 0 Å². The maximum absolute atomic E-state index is 13.3. The van der Waals surface area contributed by atoms with Gasteiger partial charge in [-0.05, 0) is 62.1 Å². The largest absolute Gasteiger partial charge is 0.457 e. The number of para-hydroxylation sites is 1. The van der Waals surface area contributed by atoms with Gasteiger partial charge in [0.25, 0.3) is 0 Å². The highest BCUT2D eigenvalue weighted by atomic mass is 32.1. The van der Waals surface area contributed by atoms with E-state index in [-0.39, 0.29) is 17.9 Å². The third-order valence-corrected chi connectivity index (χ3v) is 9.60. The van der Waals surface area contributed by atoms with Crippen LogP contribution < -0.4 is 10.5 Å². The second-order valence-corrected chi connectivity index (χ2v) is 13.1. The van der Waals surface area contributed by atoms with Gasteiger partial charge in [0, 0.05) is 69.6 Å². The molecular weight excluding hydrogens is 637 g/mol. The molecule has 1 atom stereocenters. The molecule has 2 aliphatic heterocycles. The van der Waals surface area contributed by atoms with Crippen LogP contribution in [0.5, 0.6) is 11.5 Å². The maximum Gasteiger partial charge on any atom is 0.246 e. The van der Waals surface area contributed by atoms with Crippen molar-refractivity contribution in [2.24, 2.45) is 0 Å². The number of nitrogens with two attached hydrogens (primary N) is 1. The van der Waals surface area contributed by atoms with Crippen molar-refractivity contribution in [2.45, 2.75) is 51.0 Å². The van der Waals surface area contributed by atoms with Crippen LogP contribution in [0.15, 0.2) is 73.1 Å². The molecule has 0 bridgehead atoms. The van der Waals surface area contributed by atoms with Gasteiger partial charge in [-0.15, -0.1) is 0 Å². The molecule has 257 valence electrons. The van der Waals surface area contributed by atoms with Gasteiger partial charge in [-0.1, -0.05) is 49.7 Å². The van der Waals surface area contributed by atoms with Crippen molar-refractivity contribution in [1.29, 1.82) is 0 Å². The molecule has 2 N–H and O–H groups in total.